The average Bonchev–Trinajstić information content (AvgIpc) is 1.83. The Balaban J connectivity index is 4.71. The van der Waals surface area contributed by atoms with Crippen molar-refractivity contribution >= 4 is 6.29 Å². The van der Waals surface area contributed by atoms with Crippen LogP contribution in [0.4, 0.5) is 26.3 Å². The largest absolute Gasteiger partial charge is 0.415 e. The summed E-state index contributed by atoms with van der Waals surface area (Å²) in [6.07, 6.45) is -15.5. The highest BCUT2D eigenvalue weighted by molar-refractivity contribution is 5.56. The zero-order valence-electron chi connectivity index (χ0n) is 5.86. The van der Waals surface area contributed by atoms with Crippen LogP contribution in [0.3, 0.4) is 0 Å². The van der Waals surface area contributed by atoms with E-state index in [-0.39, 0.29) is 0 Å². The molecule has 0 aliphatic carbocycles. The van der Waals surface area contributed by atoms with Crippen molar-refractivity contribution in [2.45, 2.75) is 18.5 Å². The number of aliphatic hydroxyl groups is 1. The van der Waals surface area contributed by atoms with E-state index in [0.717, 1.165) is 0 Å². The number of carbonyl (C=O) groups is 1. The van der Waals surface area contributed by atoms with Crippen LogP contribution >= 0.6 is 0 Å². The molecule has 0 aromatic carbocycles. The van der Waals surface area contributed by atoms with Gasteiger partial charge in [-0.15, -0.1) is 0 Å². The summed E-state index contributed by atoms with van der Waals surface area (Å²) in [5, 5.41) is 8.10. The number of alkyl halides is 6. The molecule has 0 spiro atoms. The minimum atomic E-state index is -5.46. The predicted octanol–water partition coefficient (Wildman–Crippen LogP) is 1.29. The van der Waals surface area contributed by atoms with E-state index >= 15 is 0 Å². The van der Waals surface area contributed by atoms with Gasteiger partial charge in [0, 0.05) is 0 Å². The first-order valence-corrected chi connectivity index (χ1v) is 2.87. The number of aliphatic hydroxyl groups excluding tert-OH is 1. The van der Waals surface area contributed by atoms with Crippen LogP contribution in [0.5, 0.6) is 0 Å². The number of rotatable bonds is 2. The van der Waals surface area contributed by atoms with Crippen LogP contribution in [0.2, 0.25) is 0 Å². The van der Waals surface area contributed by atoms with Crippen molar-refractivity contribution in [2.24, 2.45) is 5.92 Å². The fraction of sp³-hybridized carbons (Fsp3) is 0.800. The van der Waals surface area contributed by atoms with E-state index in [2.05, 4.69) is 0 Å². The molecule has 78 valence electrons. The van der Waals surface area contributed by atoms with Gasteiger partial charge in [0.1, 0.15) is 12.2 Å². The molecule has 8 heteroatoms. The van der Waals surface area contributed by atoms with Crippen LogP contribution < -0.4 is 0 Å². The highest BCUT2D eigenvalue weighted by Gasteiger charge is 2.54. The normalized spacial score (nSPS) is 18.1. The van der Waals surface area contributed by atoms with Crippen LogP contribution in [0.25, 0.3) is 0 Å². The van der Waals surface area contributed by atoms with Gasteiger partial charge in [-0.1, -0.05) is 0 Å². The summed E-state index contributed by atoms with van der Waals surface area (Å²) in [4.78, 5) is 9.66. The second-order valence-electron chi connectivity index (χ2n) is 2.19. The van der Waals surface area contributed by atoms with E-state index in [1.807, 2.05) is 0 Å². The Hall–Kier alpha value is -0.790. The minimum Gasteiger partial charge on any atom is -0.383 e. The number of carbonyl (C=O) groups excluding carboxylic acids is 1. The molecule has 0 saturated carbocycles. The van der Waals surface area contributed by atoms with Gasteiger partial charge in [0.25, 0.3) is 0 Å². The SMILES string of the molecule is O=CC(C(O)C(F)(F)F)C(F)(F)F. The molecule has 0 aliphatic heterocycles. The van der Waals surface area contributed by atoms with Gasteiger partial charge in [-0.05, 0) is 0 Å². The first-order valence-electron chi connectivity index (χ1n) is 2.87. The Labute approximate surface area is 68.1 Å². The third-order valence-corrected chi connectivity index (χ3v) is 1.20. The van der Waals surface area contributed by atoms with Crippen molar-refractivity contribution in [3.8, 4) is 0 Å². The Morgan fingerprint density at radius 1 is 1.00 bits per heavy atom. The standard InChI is InChI=1S/C5H4F6O2/c6-4(7,8)2(1-12)3(13)5(9,10)11/h1-3,13H. The Bertz CT molecular complexity index is 182. The molecular formula is C5H4F6O2. The third kappa shape index (κ3) is 3.21. The van der Waals surface area contributed by atoms with Crippen LogP contribution in [0.15, 0.2) is 0 Å². The van der Waals surface area contributed by atoms with Gasteiger partial charge >= 0.3 is 12.4 Å². The van der Waals surface area contributed by atoms with Crippen molar-refractivity contribution in [2.75, 3.05) is 0 Å². The summed E-state index contributed by atoms with van der Waals surface area (Å²) in [5.74, 6) is -3.42. The summed E-state index contributed by atoms with van der Waals surface area (Å²) in [6, 6.07) is 0. The molecule has 0 saturated heterocycles. The van der Waals surface area contributed by atoms with Gasteiger partial charge in [0.2, 0.25) is 0 Å². The van der Waals surface area contributed by atoms with E-state index in [1.54, 1.807) is 0 Å². The second-order valence-corrected chi connectivity index (χ2v) is 2.19. The number of hydrogen-bond donors (Lipinski definition) is 1. The lowest BCUT2D eigenvalue weighted by molar-refractivity contribution is -0.265. The maximum absolute atomic E-state index is 11.6. The quantitative estimate of drug-likeness (QED) is 0.550. The Kier molecular flexibility index (Phi) is 3.31. The molecule has 1 N–H and O–H groups in total. The Morgan fingerprint density at radius 3 is 1.46 bits per heavy atom. The van der Waals surface area contributed by atoms with Crippen LogP contribution in [0, 0.1) is 5.92 Å². The fourth-order valence-electron chi connectivity index (χ4n) is 0.534. The predicted molar refractivity (Wildman–Crippen MR) is 27.7 cm³/mol. The molecule has 2 atom stereocenters. The van der Waals surface area contributed by atoms with Gasteiger partial charge in [0.15, 0.2) is 6.10 Å². The molecule has 0 amide bonds. The molecule has 0 radical (unpaired) electrons. The summed E-state index contributed by atoms with van der Waals surface area (Å²) in [5.41, 5.74) is 0. The maximum Gasteiger partial charge on any atom is 0.415 e. The van der Waals surface area contributed by atoms with E-state index < -0.39 is 30.7 Å². The lowest BCUT2D eigenvalue weighted by Gasteiger charge is -2.22. The molecule has 0 aromatic heterocycles. The number of hydrogen-bond acceptors (Lipinski definition) is 2. The summed E-state index contributed by atoms with van der Waals surface area (Å²) in [6.45, 7) is 0. The molecule has 2 nitrogen and oxygen atoms in total. The molecule has 2 unspecified atom stereocenters. The lowest BCUT2D eigenvalue weighted by Crippen LogP contribution is -2.44. The smallest absolute Gasteiger partial charge is 0.383 e. The summed E-state index contributed by atoms with van der Waals surface area (Å²) < 4.78 is 69.4. The van der Waals surface area contributed by atoms with E-state index in [9.17, 15) is 31.1 Å². The zero-order chi connectivity index (χ0) is 10.9. The molecule has 0 rings (SSSR count). The van der Waals surface area contributed by atoms with Gasteiger partial charge in [0.05, 0.1) is 0 Å². The topological polar surface area (TPSA) is 37.3 Å². The fourth-order valence-corrected chi connectivity index (χ4v) is 0.534. The van der Waals surface area contributed by atoms with Crippen molar-refractivity contribution in [1.29, 1.82) is 0 Å². The number of halogens is 6. The molecule has 0 heterocycles. The molecule has 0 aliphatic rings. The molecule has 13 heavy (non-hydrogen) atoms. The van der Waals surface area contributed by atoms with Crippen LogP contribution in [-0.2, 0) is 4.79 Å². The molecule has 0 aromatic rings. The number of aldehydes is 1. The van der Waals surface area contributed by atoms with Crippen LogP contribution in [-0.4, -0.2) is 29.8 Å². The van der Waals surface area contributed by atoms with Crippen LogP contribution in [0.1, 0.15) is 0 Å². The average molecular weight is 210 g/mol. The van der Waals surface area contributed by atoms with Crippen molar-refractivity contribution in [3.05, 3.63) is 0 Å². The first kappa shape index (κ1) is 12.2. The molecule has 0 fully saturated rings. The molecular weight excluding hydrogens is 206 g/mol. The highest BCUT2D eigenvalue weighted by atomic mass is 19.4. The lowest BCUT2D eigenvalue weighted by atomic mass is 10.0. The van der Waals surface area contributed by atoms with E-state index in [0.29, 0.717) is 0 Å². The van der Waals surface area contributed by atoms with Crippen molar-refractivity contribution < 1.29 is 36.2 Å². The van der Waals surface area contributed by atoms with Gasteiger partial charge < -0.3 is 9.90 Å². The summed E-state index contributed by atoms with van der Waals surface area (Å²) >= 11 is 0. The molecule has 0 bridgehead atoms. The third-order valence-electron chi connectivity index (χ3n) is 1.20. The van der Waals surface area contributed by atoms with Gasteiger partial charge in [-0.2, -0.15) is 26.3 Å². The minimum absolute atomic E-state index is 0.974. The Morgan fingerprint density at radius 2 is 1.38 bits per heavy atom. The van der Waals surface area contributed by atoms with Gasteiger partial charge in [-0.25, -0.2) is 0 Å². The van der Waals surface area contributed by atoms with E-state index in [4.69, 9.17) is 5.11 Å². The van der Waals surface area contributed by atoms with Crippen molar-refractivity contribution in [1.82, 2.24) is 0 Å². The second kappa shape index (κ2) is 3.52. The monoisotopic (exact) mass is 210 g/mol. The summed E-state index contributed by atoms with van der Waals surface area (Å²) in [7, 11) is 0. The van der Waals surface area contributed by atoms with Crippen molar-refractivity contribution in [3.63, 3.8) is 0 Å². The maximum atomic E-state index is 11.6. The first-order chi connectivity index (χ1) is 5.60. The van der Waals surface area contributed by atoms with E-state index in [1.165, 1.54) is 0 Å². The van der Waals surface area contributed by atoms with Gasteiger partial charge in [-0.3, -0.25) is 0 Å². The zero-order valence-corrected chi connectivity index (χ0v) is 5.86. The highest BCUT2D eigenvalue weighted by Crippen LogP contribution is 2.34.